The molecule has 2 rings (SSSR count). The van der Waals surface area contributed by atoms with Crippen molar-refractivity contribution in [2.75, 3.05) is 18.6 Å². The van der Waals surface area contributed by atoms with Crippen molar-refractivity contribution in [1.29, 1.82) is 0 Å². The molecular formula is C18H29BrN4O3Si. The molecule has 9 heteroatoms. The third-order valence-corrected chi connectivity index (χ3v) is 6.09. The summed E-state index contributed by atoms with van der Waals surface area (Å²) < 4.78 is 13.7. The molecule has 0 fully saturated rings. The first kappa shape index (κ1) is 21.8. The zero-order valence-corrected chi connectivity index (χ0v) is 19.8. The van der Waals surface area contributed by atoms with Gasteiger partial charge in [-0.15, -0.1) is 0 Å². The van der Waals surface area contributed by atoms with Crippen molar-refractivity contribution in [3.8, 4) is 0 Å². The Morgan fingerprint density at radius 2 is 2.00 bits per heavy atom. The number of hydrogen-bond donors (Lipinski definition) is 0. The standard InChI is InChI=1S/C18H29BrN4O3Si/c1-18(2,3)26-17(24)22(4)15-10-14-13(11-20-15)16(19)21-23(14)12-25-8-9-27(5,6)7/h10-11H,8-9,12H2,1-7H3. The summed E-state index contributed by atoms with van der Waals surface area (Å²) in [5.41, 5.74) is 0.278. The minimum absolute atomic E-state index is 0.353. The first-order chi connectivity index (χ1) is 12.4. The number of pyridine rings is 1. The molecule has 2 aromatic rings. The van der Waals surface area contributed by atoms with Crippen LogP contribution in [0.1, 0.15) is 20.8 Å². The van der Waals surface area contributed by atoms with Crippen molar-refractivity contribution >= 4 is 46.8 Å². The van der Waals surface area contributed by atoms with Gasteiger partial charge in [0, 0.05) is 34.0 Å². The summed E-state index contributed by atoms with van der Waals surface area (Å²) >= 11 is 3.46. The molecule has 0 radical (unpaired) electrons. The van der Waals surface area contributed by atoms with Crippen LogP contribution >= 0.6 is 15.9 Å². The van der Waals surface area contributed by atoms with Crippen molar-refractivity contribution < 1.29 is 14.3 Å². The van der Waals surface area contributed by atoms with Gasteiger partial charge in [-0.05, 0) is 42.7 Å². The number of anilines is 1. The number of fused-ring (bicyclic) bond motifs is 1. The Balaban J connectivity index is 2.18. The van der Waals surface area contributed by atoms with E-state index < -0.39 is 19.8 Å². The predicted molar refractivity (Wildman–Crippen MR) is 114 cm³/mol. The van der Waals surface area contributed by atoms with Crippen LogP contribution in [0.25, 0.3) is 10.9 Å². The molecule has 150 valence electrons. The number of aromatic nitrogens is 3. The highest BCUT2D eigenvalue weighted by Crippen LogP contribution is 2.26. The molecule has 0 saturated heterocycles. The van der Waals surface area contributed by atoms with Gasteiger partial charge < -0.3 is 9.47 Å². The van der Waals surface area contributed by atoms with Gasteiger partial charge in [0.25, 0.3) is 0 Å². The number of carbonyl (C=O) groups excluding carboxylic acids is 1. The largest absolute Gasteiger partial charge is 0.443 e. The monoisotopic (exact) mass is 456 g/mol. The van der Waals surface area contributed by atoms with E-state index in [1.807, 2.05) is 26.8 Å². The van der Waals surface area contributed by atoms with Crippen LogP contribution in [-0.4, -0.2) is 48.2 Å². The van der Waals surface area contributed by atoms with Crippen molar-refractivity contribution in [1.82, 2.24) is 14.8 Å². The molecule has 1 amide bonds. The summed E-state index contributed by atoms with van der Waals surface area (Å²) in [7, 11) is 0.509. The second-order valence-corrected chi connectivity index (χ2v) is 15.1. The molecule has 2 heterocycles. The molecular weight excluding hydrogens is 428 g/mol. The summed E-state index contributed by atoms with van der Waals surface area (Å²) in [5.74, 6) is 0.493. The lowest BCUT2D eigenvalue weighted by atomic mass is 10.2. The van der Waals surface area contributed by atoms with Crippen LogP contribution in [-0.2, 0) is 16.2 Å². The zero-order valence-electron chi connectivity index (χ0n) is 17.2. The Labute approximate surface area is 170 Å². The Kier molecular flexibility index (Phi) is 6.70. The van der Waals surface area contributed by atoms with Crippen LogP contribution in [0.15, 0.2) is 16.9 Å². The minimum Gasteiger partial charge on any atom is -0.443 e. The fourth-order valence-corrected chi connectivity index (χ4v) is 3.51. The second kappa shape index (κ2) is 8.28. The van der Waals surface area contributed by atoms with Gasteiger partial charge in [-0.3, -0.25) is 4.90 Å². The van der Waals surface area contributed by atoms with Gasteiger partial charge in [0.05, 0.1) is 10.9 Å². The number of halogens is 1. The van der Waals surface area contributed by atoms with E-state index in [9.17, 15) is 4.79 Å². The molecule has 27 heavy (non-hydrogen) atoms. The fourth-order valence-electron chi connectivity index (χ4n) is 2.26. The molecule has 7 nitrogen and oxygen atoms in total. The van der Waals surface area contributed by atoms with Crippen LogP contribution < -0.4 is 4.90 Å². The lowest BCUT2D eigenvalue weighted by Gasteiger charge is -2.24. The minimum atomic E-state index is -1.13. The maximum Gasteiger partial charge on any atom is 0.415 e. The first-order valence-electron chi connectivity index (χ1n) is 8.94. The van der Waals surface area contributed by atoms with Crippen molar-refractivity contribution in [3.63, 3.8) is 0 Å². The molecule has 0 N–H and O–H groups in total. The number of ether oxygens (including phenoxy) is 2. The van der Waals surface area contributed by atoms with Crippen LogP contribution in [0.4, 0.5) is 10.6 Å². The van der Waals surface area contributed by atoms with E-state index in [4.69, 9.17) is 9.47 Å². The molecule has 2 aromatic heterocycles. The van der Waals surface area contributed by atoms with E-state index >= 15 is 0 Å². The number of amides is 1. The lowest BCUT2D eigenvalue weighted by molar-refractivity contribution is 0.0588. The number of rotatable bonds is 6. The van der Waals surface area contributed by atoms with E-state index in [0.717, 1.165) is 16.9 Å². The second-order valence-electron chi connectivity index (χ2n) is 8.74. The van der Waals surface area contributed by atoms with Crippen LogP contribution in [0, 0.1) is 0 Å². The zero-order chi connectivity index (χ0) is 20.4. The first-order valence-corrected chi connectivity index (χ1v) is 13.4. The maximum atomic E-state index is 12.3. The van der Waals surface area contributed by atoms with Crippen molar-refractivity contribution in [2.45, 2.75) is 58.8 Å². The van der Waals surface area contributed by atoms with Gasteiger partial charge in [-0.2, -0.15) is 5.10 Å². The van der Waals surface area contributed by atoms with Gasteiger partial charge >= 0.3 is 6.09 Å². The van der Waals surface area contributed by atoms with E-state index in [2.05, 4.69) is 45.7 Å². The summed E-state index contributed by atoms with van der Waals surface area (Å²) in [6, 6.07) is 2.92. The van der Waals surface area contributed by atoms with E-state index in [-0.39, 0.29) is 0 Å². The van der Waals surface area contributed by atoms with E-state index in [0.29, 0.717) is 23.8 Å². The summed E-state index contributed by atoms with van der Waals surface area (Å²) in [4.78, 5) is 18.1. The molecule has 0 bridgehead atoms. The normalized spacial score (nSPS) is 12.4. The van der Waals surface area contributed by atoms with E-state index in [1.165, 1.54) is 4.90 Å². The fraction of sp³-hybridized carbons (Fsp3) is 0.611. The third kappa shape index (κ3) is 6.29. The van der Waals surface area contributed by atoms with Crippen LogP contribution in [0.3, 0.4) is 0 Å². The van der Waals surface area contributed by atoms with Crippen LogP contribution in [0.2, 0.25) is 25.7 Å². The smallest absolute Gasteiger partial charge is 0.415 e. The molecule has 0 aliphatic carbocycles. The highest BCUT2D eigenvalue weighted by Gasteiger charge is 2.22. The Hall–Kier alpha value is -1.45. The number of nitrogens with zero attached hydrogens (tertiary/aromatic N) is 4. The van der Waals surface area contributed by atoms with Gasteiger partial charge in [0.15, 0.2) is 0 Å². The van der Waals surface area contributed by atoms with E-state index in [1.54, 1.807) is 17.9 Å². The number of carbonyl (C=O) groups is 1. The quantitative estimate of drug-likeness (QED) is 0.457. The molecule has 0 atom stereocenters. The Bertz CT molecular complexity index is 811. The molecule has 0 saturated carbocycles. The SMILES string of the molecule is CN(C(=O)OC(C)(C)C)c1cc2c(cn1)c(Br)nn2COCC[Si](C)(C)C. The summed E-state index contributed by atoms with van der Waals surface area (Å²) in [6.45, 7) is 13.5. The van der Waals surface area contributed by atoms with Crippen molar-refractivity contribution in [2.24, 2.45) is 0 Å². The Morgan fingerprint density at radius 3 is 2.59 bits per heavy atom. The van der Waals surface area contributed by atoms with Gasteiger partial charge in [0.2, 0.25) is 0 Å². The molecule has 0 spiro atoms. The summed E-state index contributed by atoms with van der Waals surface area (Å²) in [5, 5.41) is 5.34. The molecule has 0 aromatic carbocycles. The highest BCUT2D eigenvalue weighted by molar-refractivity contribution is 9.10. The molecule has 0 aliphatic heterocycles. The average molecular weight is 457 g/mol. The molecule has 0 unspecified atom stereocenters. The average Bonchev–Trinajstić information content (AvgIpc) is 2.84. The van der Waals surface area contributed by atoms with Gasteiger partial charge in [-0.1, -0.05) is 19.6 Å². The lowest BCUT2D eigenvalue weighted by Crippen LogP contribution is -2.34. The predicted octanol–water partition coefficient (Wildman–Crippen LogP) is 4.88. The highest BCUT2D eigenvalue weighted by atomic mass is 79.9. The van der Waals surface area contributed by atoms with Gasteiger partial charge in [-0.25, -0.2) is 14.5 Å². The maximum absolute atomic E-state index is 12.3. The van der Waals surface area contributed by atoms with Crippen LogP contribution in [0.5, 0.6) is 0 Å². The van der Waals surface area contributed by atoms with Gasteiger partial charge in [0.1, 0.15) is 22.8 Å². The molecule has 0 aliphatic rings. The Morgan fingerprint density at radius 1 is 1.33 bits per heavy atom. The topological polar surface area (TPSA) is 69.5 Å². The summed E-state index contributed by atoms with van der Waals surface area (Å²) in [6.07, 6.45) is 1.24. The van der Waals surface area contributed by atoms with Crippen molar-refractivity contribution in [3.05, 3.63) is 16.9 Å². The number of hydrogen-bond acceptors (Lipinski definition) is 5. The third-order valence-electron chi connectivity index (χ3n) is 3.80.